The van der Waals surface area contributed by atoms with E-state index in [2.05, 4.69) is 10.2 Å². The number of ether oxygens (including phenoxy) is 1. The van der Waals surface area contributed by atoms with Gasteiger partial charge in [0, 0.05) is 0 Å². The summed E-state index contributed by atoms with van der Waals surface area (Å²) in [5, 5.41) is 17.5. The van der Waals surface area contributed by atoms with Crippen LogP contribution in [0.4, 0.5) is 11.4 Å². The molecule has 0 unspecified atom stereocenters. The Morgan fingerprint density at radius 1 is 1.10 bits per heavy atom. The lowest BCUT2D eigenvalue weighted by molar-refractivity contribution is 0.0526. The van der Waals surface area contributed by atoms with Gasteiger partial charge < -0.3 is 9.84 Å². The van der Waals surface area contributed by atoms with Crippen molar-refractivity contribution in [3.8, 4) is 5.75 Å². The Hall–Kier alpha value is -2.69. The molecule has 0 spiro atoms. The normalized spacial score (nSPS) is 10.7. The second-order valence-electron chi connectivity index (χ2n) is 3.96. The number of nitrogens with zero attached hydrogens (tertiary/aromatic N) is 2. The molecule has 0 amide bonds. The first-order chi connectivity index (χ1) is 9.70. The Labute approximate surface area is 116 Å². The summed E-state index contributed by atoms with van der Waals surface area (Å²) in [5.74, 6) is -0.295. The van der Waals surface area contributed by atoms with Crippen LogP contribution < -0.4 is 0 Å². The number of carbonyl (C=O) groups excluding carboxylic acids is 1. The third-order valence-corrected chi connectivity index (χ3v) is 2.53. The zero-order valence-corrected chi connectivity index (χ0v) is 11.0. The Kier molecular flexibility index (Phi) is 4.44. The SMILES string of the molecule is CCOC(=O)c1ccc(N=Nc2ccccc2O)cc1. The number of para-hydroxylation sites is 1. The molecule has 0 saturated carbocycles. The van der Waals surface area contributed by atoms with E-state index in [-0.39, 0.29) is 11.7 Å². The number of esters is 1. The molecule has 0 aliphatic rings. The van der Waals surface area contributed by atoms with Crippen molar-refractivity contribution in [1.29, 1.82) is 0 Å². The molecule has 0 aliphatic carbocycles. The predicted octanol–water partition coefficient (Wildman–Crippen LogP) is 3.98. The summed E-state index contributed by atoms with van der Waals surface area (Å²) >= 11 is 0. The molecule has 102 valence electrons. The maximum absolute atomic E-state index is 11.5. The fraction of sp³-hybridized carbons (Fsp3) is 0.133. The van der Waals surface area contributed by atoms with E-state index >= 15 is 0 Å². The van der Waals surface area contributed by atoms with Crippen LogP contribution in [-0.4, -0.2) is 17.7 Å². The number of phenols is 1. The standard InChI is InChI=1S/C15H14N2O3/c1-2-20-15(19)11-7-9-12(10-8-11)16-17-13-5-3-4-6-14(13)18/h3-10,18H,2H2,1H3. The van der Waals surface area contributed by atoms with Gasteiger partial charge in [-0.15, -0.1) is 5.11 Å². The van der Waals surface area contributed by atoms with Gasteiger partial charge in [-0.1, -0.05) is 12.1 Å². The molecule has 0 aromatic heterocycles. The second-order valence-corrected chi connectivity index (χ2v) is 3.96. The summed E-state index contributed by atoms with van der Waals surface area (Å²) in [6, 6.07) is 13.2. The van der Waals surface area contributed by atoms with Crippen molar-refractivity contribution in [2.45, 2.75) is 6.92 Å². The van der Waals surface area contributed by atoms with Gasteiger partial charge in [0.1, 0.15) is 11.4 Å². The zero-order chi connectivity index (χ0) is 14.4. The largest absolute Gasteiger partial charge is 0.506 e. The highest BCUT2D eigenvalue weighted by atomic mass is 16.5. The highest BCUT2D eigenvalue weighted by Gasteiger charge is 2.05. The van der Waals surface area contributed by atoms with E-state index in [1.807, 2.05) is 0 Å². The van der Waals surface area contributed by atoms with Crippen LogP contribution in [0, 0.1) is 0 Å². The number of benzene rings is 2. The summed E-state index contributed by atoms with van der Waals surface area (Å²) in [6.45, 7) is 2.10. The molecule has 0 saturated heterocycles. The molecule has 5 heteroatoms. The van der Waals surface area contributed by atoms with Crippen LogP contribution in [-0.2, 0) is 4.74 Å². The number of hydrogen-bond donors (Lipinski definition) is 1. The molecule has 0 radical (unpaired) electrons. The average Bonchev–Trinajstić information content (AvgIpc) is 2.47. The lowest BCUT2D eigenvalue weighted by atomic mass is 10.2. The molecule has 0 atom stereocenters. The van der Waals surface area contributed by atoms with Crippen molar-refractivity contribution in [3.05, 3.63) is 54.1 Å². The van der Waals surface area contributed by atoms with E-state index < -0.39 is 0 Å². The first kappa shape index (κ1) is 13.7. The van der Waals surface area contributed by atoms with Crippen LogP contribution >= 0.6 is 0 Å². The van der Waals surface area contributed by atoms with Crippen LogP contribution in [0.1, 0.15) is 17.3 Å². The molecule has 0 aliphatic heterocycles. The second kappa shape index (κ2) is 6.47. The van der Waals surface area contributed by atoms with E-state index in [0.29, 0.717) is 23.5 Å². The van der Waals surface area contributed by atoms with Gasteiger partial charge in [-0.05, 0) is 43.3 Å². The molecule has 2 aromatic rings. The van der Waals surface area contributed by atoms with E-state index in [0.717, 1.165) is 0 Å². The number of aromatic hydroxyl groups is 1. The van der Waals surface area contributed by atoms with Crippen molar-refractivity contribution < 1.29 is 14.6 Å². The number of rotatable bonds is 4. The minimum Gasteiger partial charge on any atom is -0.506 e. The molecule has 0 bridgehead atoms. The first-order valence-corrected chi connectivity index (χ1v) is 6.17. The highest BCUT2D eigenvalue weighted by molar-refractivity contribution is 5.89. The van der Waals surface area contributed by atoms with Crippen molar-refractivity contribution in [2.24, 2.45) is 10.2 Å². The van der Waals surface area contributed by atoms with Crippen molar-refractivity contribution in [3.63, 3.8) is 0 Å². The van der Waals surface area contributed by atoms with Gasteiger partial charge in [0.05, 0.1) is 17.9 Å². The number of carbonyl (C=O) groups is 1. The minimum absolute atomic E-state index is 0.0689. The van der Waals surface area contributed by atoms with Crippen LogP contribution in [0.3, 0.4) is 0 Å². The Balaban J connectivity index is 2.11. The van der Waals surface area contributed by atoms with Crippen LogP contribution in [0.15, 0.2) is 58.8 Å². The van der Waals surface area contributed by atoms with Gasteiger partial charge in [-0.2, -0.15) is 5.11 Å². The van der Waals surface area contributed by atoms with Crippen molar-refractivity contribution in [2.75, 3.05) is 6.61 Å². The fourth-order valence-electron chi connectivity index (χ4n) is 1.54. The van der Waals surface area contributed by atoms with E-state index in [9.17, 15) is 9.90 Å². The monoisotopic (exact) mass is 270 g/mol. The Morgan fingerprint density at radius 2 is 1.80 bits per heavy atom. The van der Waals surface area contributed by atoms with E-state index in [1.165, 1.54) is 6.07 Å². The number of hydrogen-bond acceptors (Lipinski definition) is 5. The lowest BCUT2D eigenvalue weighted by Crippen LogP contribution is -2.03. The maximum Gasteiger partial charge on any atom is 0.338 e. The molecule has 0 fully saturated rings. The van der Waals surface area contributed by atoms with Gasteiger partial charge in [-0.3, -0.25) is 0 Å². The molecular weight excluding hydrogens is 256 g/mol. The Morgan fingerprint density at radius 3 is 2.45 bits per heavy atom. The smallest absolute Gasteiger partial charge is 0.338 e. The topological polar surface area (TPSA) is 71.2 Å². The quantitative estimate of drug-likeness (QED) is 0.674. The third kappa shape index (κ3) is 3.41. The van der Waals surface area contributed by atoms with Gasteiger partial charge in [0.25, 0.3) is 0 Å². The van der Waals surface area contributed by atoms with Gasteiger partial charge >= 0.3 is 5.97 Å². The molecule has 0 heterocycles. The van der Waals surface area contributed by atoms with E-state index in [4.69, 9.17) is 4.74 Å². The number of phenolic OH excluding ortho intramolecular Hbond substituents is 1. The zero-order valence-electron chi connectivity index (χ0n) is 11.0. The van der Waals surface area contributed by atoms with Gasteiger partial charge in [0.15, 0.2) is 0 Å². The minimum atomic E-state index is -0.364. The number of azo groups is 1. The molecule has 2 aromatic carbocycles. The fourth-order valence-corrected chi connectivity index (χ4v) is 1.54. The first-order valence-electron chi connectivity index (χ1n) is 6.17. The van der Waals surface area contributed by atoms with E-state index in [1.54, 1.807) is 49.4 Å². The van der Waals surface area contributed by atoms with Gasteiger partial charge in [-0.25, -0.2) is 4.79 Å². The van der Waals surface area contributed by atoms with Crippen molar-refractivity contribution >= 4 is 17.3 Å². The van der Waals surface area contributed by atoms with Crippen LogP contribution in [0.2, 0.25) is 0 Å². The molecular formula is C15H14N2O3. The van der Waals surface area contributed by atoms with Gasteiger partial charge in [0.2, 0.25) is 0 Å². The molecule has 5 nitrogen and oxygen atoms in total. The summed E-state index contributed by atoms with van der Waals surface area (Å²) in [6.07, 6.45) is 0. The molecule has 1 N–H and O–H groups in total. The Bertz CT molecular complexity index is 621. The van der Waals surface area contributed by atoms with Crippen LogP contribution in [0.25, 0.3) is 0 Å². The summed E-state index contributed by atoms with van der Waals surface area (Å²) in [5.41, 5.74) is 1.44. The predicted molar refractivity (Wildman–Crippen MR) is 74.7 cm³/mol. The lowest BCUT2D eigenvalue weighted by Gasteiger charge is -2.01. The highest BCUT2D eigenvalue weighted by Crippen LogP contribution is 2.27. The summed E-state index contributed by atoms with van der Waals surface area (Å²) in [7, 11) is 0. The average molecular weight is 270 g/mol. The summed E-state index contributed by atoms with van der Waals surface area (Å²) in [4.78, 5) is 11.5. The van der Waals surface area contributed by atoms with Crippen molar-refractivity contribution in [1.82, 2.24) is 0 Å². The molecule has 20 heavy (non-hydrogen) atoms. The third-order valence-electron chi connectivity index (χ3n) is 2.53. The maximum atomic E-state index is 11.5. The summed E-state index contributed by atoms with van der Waals surface area (Å²) < 4.78 is 4.89. The van der Waals surface area contributed by atoms with Crippen LogP contribution in [0.5, 0.6) is 5.75 Å². The molecule has 2 rings (SSSR count).